The molecule has 0 spiro atoms. The summed E-state index contributed by atoms with van der Waals surface area (Å²) < 4.78 is 13.2. The highest BCUT2D eigenvalue weighted by Gasteiger charge is 2.25. The number of piperidine rings is 1. The van der Waals surface area contributed by atoms with Gasteiger partial charge in [0.25, 0.3) is 0 Å². The third-order valence-corrected chi connectivity index (χ3v) is 3.64. The zero-order chi connectivity index (χ0) is 13.3. The van der Waals surface area contributed by atoms with E-state index in [1.54, 1.807) is 6.07 Å². The summed E-state index contributed by atoms with van der Waals surface area (Å²) in [6.45, 7) is 3.45. The highest BCUT2D eigenvalue weighted by molar-refractivity contribution is 7.80. The molecule has 2 atom stereocenters. The molecule has 0 radical (unpaired) electrons. The number of anilines is 1. The minimum Gasteiger partial charge on any atom is -0.393 e. The number of rotatable bonds is 2. The van der Waals surface area contributed by atoms with E-state index in [9.17, 15) is 9.50 Å². The first-order valence-corrected chi connectivity index (χ1v) is 6.42. The van der Waals surface area contributed by atoms with Crippen LogP contribution in [0.5, 0.6) is 0 Å². The Morgan fingerprint density at radius 3 is 2.89 bits per heavy atom. The molecule has 5 heteroatoms. The topological polar surface area (TPSA) is 49.5 Å². The molecular formula is C13H17FN2OS. The van der Waals surface area contributed by atoms with Crippen LogP contribution >= 0.6 is 12.2 Å². The molecule has 1 aromatic rings. The van der Waals surface area contributed by atoms with E-state index in [0.29, 0.717) is 12.0 Å². The van der Waals surface area contributed by atoms with Crippen molar-refractivity contribution >= 4 is 22.9 Å². The predicted molar refractivity (Wildman–Crippen MR) is 74.3 cm³/mol. The van der Waals surface area contributed by atoms with Crippen LogP contribution in [-0.2, 0) is 0 Å². The van der Waals surface area contributed by atoms with Gasteiger partial charge in [0.15, 0.2) is 0 Å². The van der Waals surface area contributed by atoms with Gasteiger partial charge in [0, 0.05) is 24.3 Å². The van der Waals surface area contributed by atoms with Crippen molar-refractivity contribution < 1.29 is 9.50 Å². The van der Waals surface area contributed by atoms with Gasteiger partial charge in [-0.1, -0.05) is 19.1 Å². The summed E-state index contributed by atoms with van der Waals surface area (Å²) in [6, 6.07) is 4.48. The molecule has 1 aromatic carbocycles. The standard InChI is InChI=1S/C13H17FN2OS/c1-8-7-16(5-4-12(8)17)11-3-2-9(14)6-10(11)13(15)18/h2-3,6,8,12,17H,4-5,7H2,1H3,(H2,15,18). The van der Waals surface area contributed by atoms with E-state index in [-0.39, 0.29) is 22.8 Å². The molecule has 3 N–H and O–H groups in total. The molecular weight excluding hydrogens is 251 g/mol. The molecule has 98 valence electrons. The molecule has 0 saturated carbocycles. The Morgan fingerprint density at radius 2 is 2.28 bits per heavy atom. The highest BCUT2D eigenvalue weighted by Crippen LogP contribution is 2.27. The molecule has 1 saturated heterocycles. The van der Waals surface area contributed by atoms with Crippen LogP contribution in [0.1, 0.15) is 18.9 Å². The van der Waals surface area contributed by atoms with E-state index < -0.39 is 0 Å². The number of nitrogens with two attached hydrogens (primary N) is 1. The molecule has 3 nitrogen and oxygen atoms in total. The van der Waals surface area contributed by atoms with E-state index in [1.807, 2.05) is 6.92 Å². The fourth-order valence-corrected chi connectivity index (χ4v) is 2.50. The lowest BCUT2D eigenvalue weighted by Crippen LogP contribution is -2.42. The molecule has 1 aliphatic heterocycles. The molecule has 0 bridgehead atoms. The quantitative estimate of drug-likeness (QED) is 0.801. The van der Waals surface area contributed by atoms with Gasteiger partial charge < -0.3 is 15.7 Å². The van der Waals surface area contributed by atoms with Crippen molar-refractivity contribution in [3.8, 4) is 0 Å². The fourth-order valence-electron chi connectivity index (χ4n) is 2.33. The van der Waals surface area contributed by atoms with Crippen LogP contribution in [0, 0.1) is 11.7 Å². The summed E-state index contributed by atoms with van der Waals surface area (Å²) >= 11 is 4.97. The number of nitrogens with zero attached hydrogens (tertiary/aromatic N) is 1. The predicted octanol–water partition coefficient (Wildman–Crippen LogP) is 1.67. The first kappa shape index (κ1) is 13.2. The highest BCUT2D eigenvalue weighted by atomic mass is 32.1. The average Bonchev–Trinajstić information content (AvgIpc) is 2.32. The number of thiocarbonyl (C=S) groups is 1. The second-order valence-corrected chi connectivity index (χ2v) is 5.24. The monoisotopic (exact) mass is 268 g/mol. The molecule has 1 heterocycles. The molecule has 0 aliphatic carbocycles. The zero-order valence-electron chi connectivity index (χ0n) is 10.3. The molecule has 0 aromatic heterocycles. The van der Waals surface area contributed by atoms with Gasteiger partial charge in [-0.05, 0) is 30.5 Å². The van der Waals surface area contributed by atoms with E-state index in [0.717, 1.165) is 18.8 Å². The van der Waals surface area contributed by atoms with Gasteiger partial charge in [-0.2, -0.15) is 0 Å². The van der Waals surface area contributed by atoms with Crippen molar-refractivity contribution in [2.24, 2.45) is 11.7 Å². The maximum absolute atomic E-state index is 13.2. The second-order valence-electron chi connectivity index (χ2n) is 4.81. The number of aliphatic hydroxyl groups is 1. The maximum Gasteiger partial charge on any atom is 0.124 e. The van der Waals surface area contributed by atoms with Crippen LogP contribution in [0.2, 0.25) is 0 Å². The molecule has 0 amide bonds. The zero-order valence-corrected chi connectivity index (χ0v) is 11.1. The van der Waals surface area contributed by atoms with Gasteiger partial charge in [-0.15, -0.1) is 0 Å². The molecule has 2 unspecified atom stereocenters. The average molecular weight is 268 g/mol. The Kier molecular flexibility index (Phi) is 3.82. The molecule has 1 fully saturated rings. The minimum atomic E-state index is -0.341. The lowest BCUT2D eigenvalue weighted by atomic mass is 9.95. The Hall–Kier alpha value is -1.20. The minimum absolute atomic E-state index is 0.183. The third-order valence-electron chi connectivity index (χ3n) is 3.42. The van der Waals surface area contributed by atoms with Crippen molar-refractivity contribution in [1.82, 2.24) is 0 Å². The van der Waals surface area contributed by atoms with E-state index in [4.69, 9.17) is 18.0 Å². The van der Waals surface area contributed by atoms with E-state index >= 15 is 0 Å². The van der Waals surface area contributed by atoms with Gasteiger partial charge in [0.05, 0.1) is 6.10 Å². The van der Waals surface area contributed by atoms with Gasteiger partial charge in [-0.3, -0.25) is 0 Å². The van der Waals surface area contributed by atoms with Crippen molar-refractivity contribution in [3.05, 3.63) is 29.6 Å². The molecule has 2 rings (SSSR count). The Morgan fingerprint density at radius 1 is 1.56 bits per heavy atom. The van der Waals surface area contributed by atoms with Crippen LogP contribution in [0.25, 0.3) is 0 Å². The summed E-state index contributed by atoms with van der Waals surface area (Å²) in [6.07, 6.45) is 0.435. The van der Waals surface area contributed by atoms with Crippen molar-refractivity contribution in [1.29, 1.82) is 0 Å². The lowest BCUT2D eigenvalue weighted by Gasteiger charge is -2.36. The SMILES string of the molecule is CC1CN(c2ccc(F)cc2C(N)=S)CCC1O. The molecule has 1 aliphatic rings. The van der Waals surface area contributed by atoms with Crippen LogP contribution in [0.3, 0.4) is 0 Å². The van der Waals surface area contributed by atoms with Crippen LogP contribution in [0.15, 0.2) is 18.2 Å². The first-order chi connectivity index (χ1) is 8.49. The van der Waals surface area contributed by atoms with Gasteiger partial charge in [0.1, 0.15) is 10.8 Å². The largest absolute Gasteiger partial charge is 0.393 e. The first-order valence-electron chi connectivity index (χ1n) is 6.01. The number of hydrogen-bond donors (Lipinski definition) is 2. The summed E-state index contributed by atoms with van der Waals surface area (Å²) in [4.78, 5) is 2.30. The molecule has 18 heavy (non-hydrogen) atoms. The van der Waals surface area contributed by atoms with E-state index in [1.165, 1.54) is 12.1 Å². The Bertz CT molecular complexity index is 466. The van der Waals surface area contributed by atoms with Gasteiger partial charge in [-0.25, -0.2) is 4.39 Å². The maximum atomic E-state index is 13.2. The normalized spacial score (nSPS) is 24.1. The lowest BCUT2D eigenvalue weighted by molar-refractivity contribution is 0.0971. The third kappa shape index (κ3) is 2.62. The fraction of sp³-hybridized carbons (Fsp3) is 0.462. The summed E-state index contributed by atoms with van der Waals surface area (Å²) in [5, 5.41) is 9.73. The van der Waals surface area contributed by atoms with Gasteiger partial charge in [0.2, 0.25) is 0 Å². The number of aliphatic hydroxyl groups excluding tert-OH is 1. The van der Waals surface area contributed by atoms with Crippen LogP contribution < -0.4 is 10.6 Å². The van der Waals surface area contributed by atoms with E-state index in [2.05, 4.69) is 4.90 Å². The van der Waals surface area contributed by atoms with Crippen LogP contribution in [-0.4, -0.2) is 29.3 Å². The Balaban J connectivity index is 2.30. The number of hydrogen-bond acceptors (Lipinski definition) is 3. The van der Waals surface area contributed by atoms with Crippen LogP contribution in [0.4, 0.5) is 10.1 Å². The second kappa shape index (κ2) is 5.20. The van der Waals surface area contributed by atoms with Gasteiger partial charge >= 0.3 is 0 Å². The van der Waals surface area contributed by atoms with Crippen molar-refractivity contribution in [2.75, 3.05) is 18.0 Å². The summed E-state index contributed by atoms with van der Waals surface area (Å²) in [7, 11) is 0. The number of halogens is 1. The summed E-state index contributed by atoms with van der Waals surface area (Å²) in [5.41, 5.74) is 7.05. The smallest absolute Gasteiger partial charge is 0.124 e. The Labute approximate surface area is 111 Å². The van der Waals surface area contributed by atoms with Crippen molar-refractivity contribution in [3.63, 3.8) is 0 Å². The van der Waals surface area contributed by atoms with Crippen molar-refractivity contribution in [2.45, 2.75) is 19.4 Å². The number of benzene rings is 1. The summed E-state index contributed by atoms with van der Waals surface area (Å²) in [5.74, 6) is -0.158.